The summed E-state index contributed by atoms with van der Waals surface area (Å²) in [7, 11) is 0. The molecule has 0 unspecified atom stereocenters. The van der Waals surface area contributed by atoms with Crippen molar-refractivity contribution in [2.24, 2.45) is 28.3 Å². The number of H-pyrrole nitrogens is 1. The van der Waals surface area contributed by atoms with Crippen LogP contribution in [0.25, 0.3) is 0 Å². The summed E-state index contributed by atoms with van der Waals surface area (Å²) < 4.78 is 0. The van der Waals surface area contributed by atoms with E-state index in [0.29, 0.717) is 10.8 Å². The molecule has 5 nitrogen and oxygen atoms in total. The third-order valence-electron chi connectivity index (χ3n) is 6.37. The van der Waals surface area contributed by atoms with Crippen LogP contribution in [-0.2, 0) is 11.2 Å². The molecule has 1 aromatic rings. The highest BCUT2D eigenvalue weighted by molar-refractivity contribution is 6.31. The Kier molecular flexibility index (Phi) is 4.61. The molecule has 1 heterocycles. The van der Waals surface area contributed by atoms with E-state index in [2.05, 4.69) is 27.4 Å². The third kappa shape index (κ3) is 3.35. The first-order valence-electron chi connectivity index (χ1n) is 9.66. The summed E-state index contributed by atoms with van der Waals surface area (Å²) in [6.07, 6.45) is 11.8. The van der Waals surface area contributed by atoms with Crippen molar-refractivity contribution < 1.29 is 4.79 Å². The number of aromatic nitrogens is 2. The van der Waals surface area contributed by atoms with Crippen molar-refractivity contribution in [3.05, 3.63) is 16.7 Å². The number of rotatable bonds is 6. The molecule has 1 aromatic heterocycles. The van der Waals surface area contributed by atoms with Gasteiger partial charge < -0.3 is 4.98 Å². The molecule has 6 heteroatoms. The zero-order valence-electron chi connectivity index (χ0n) is 14.9. The van der Waals surface area contributed by atoms with Crippen LogP contribution in [-0.4, -0.2) is 22.1 Å². The molecule has 4 saturated carbocycles. The van der Waals surface area contributed by atoms with Crippen LogP contribution in [0.4, 0.5) is 0 Å². The molecule has 5 rings (SSSR count). The number of halogens is 1. The molecular formula is C19H27ClN4O. The summed E-state index contributed by atoms with van der Waals surface area (Å²) >= 11 is 6.17. The van der Waals surface area contributed by atoms with Crippen LogP contribution in [0.5, 0.6) is 0 Å². The lowest BCUT2D eigenvalue weighted by Crippen LogP contribution is -2.52. The van der Waals surface area contributed by atoms with E-state index in [1.165, 1.54) is 19.3 Å². The van der Waals surface area contributed by atoms with Crippen molar-refractivity contribution >= 4 is 23.7 Å². The minimum absolute atomic E-state index is 0.0979. The maximum atomic E-state index is 12.8. The first-order chi connectivity index (χ1) is 12.1. The van der Waals surface area contributed by atoms with Gasteiger partial charge in [-0.2, -0.15) is 5.10 Å². The Hall–Kier alpha value is -1.36. The maximum absolute atomic E-state index is 12.8. The van der Waals surface area contributed by atoms with Crippen molar-refractivity contribution in [1.82, 2.24) is 15.4 Å². The SMILES string of the molecule is CCCCc1nc(/C=N/NC(=O)C23CC4CC(CC(C4)C2)C3)c(Cl)[nH]1. The molecule has 4 bridgehead atoms. The molecule has 0 atom stereocenters. The number of amides is 1. The third-order valence-corrected chi connectivity index (χ3v) is 6.66. The lowest BCUT2D eigenvalue weighted by atomic mass is 9.49. The van der Waals surface area contributed by atoms with Crippen LogP contribution in [0.15, 0.2) is 5.10 Å². The number of hydrogen-bond donors (Lipinski definition) is 2. The second-order valence-corrected chi connectivity index (χ2v) is 8.76. The van der Waals surface area contributed by atoms with Crippen LogP contribution >= 0.6 is 11.6 Å². The molecule has 0 saturated heterocycles. The number of carbonyl (C=O) groups is 1. The molecule has 136 valence electrons. The average molecular weight is 363 g/mol. The minimum atomic E-state index is -0.173. The number of nitrogens with zero attached hydrogens (tertiary/aromatic N) is 2. The predicted molar refractivity (Wildman–Crippen MR) is 98.6 cm³/mol. The van der Waals surface area contributed by atoms with Crippen LogP contribution < -0.4 is 5.43 Å². The highest BCUT2D eigenvalue weighted by atomic mass is 35.5. The van der Waals surface area contributed by atoms with E-state index in [4.69, 9.17) is 11.6 Å². The summed E-state index contributed by atoms with van der Waals surface area (Å²) in [5.41, 5.74) is 3.21. The number of hydrogen-bond acceptors (Lipinski definition) is 3. The lowest BCUT2D eigenvalue weighted by Gasteiger charge is -2.55. The minimum Gasteiger partial charge on any atom is -0.332 e. The van der Waals surface area contributed by atoms with Crippen molar-refractivity contribution in [2.75, 3.05) is 0 Å². The number of unbranched alkanes of at least 4 members (excludes halogenated alkanes) is 1. The topological polar surface area (TPSA) is 70.1 Å². The van der Waals surface area contributed by atoms with Gasteiger partial charge in [-0.05, 0) is 62.7 Å². The molecule has 2 N–H and O–H groups in total. The van der Waals surface area contributed by atoms with Crippen LogP contribution in [0.1, 0.15) is 69.8 Å². The van der Waals surface area contributed by atoms with E-state index in [9.17, 15) is 4.79 Å². The highest BCUT2D eigenvalue weighted by Crippen LogP contribution is 2.60. The molecule has 0 radical (unpaired) electrons. The van der Waals surface area contributed by atoms with E-state index < -0.39 is 0 Å². The quantitative estimate of drug-likeness (QED) is 0.591. The summed E-state index contributed by atoms with van der Waals surface area (Å²) in [6, 6.07) is 0. The van der Waals surface area contributed by atoms with Gasteiger partial charge in [0.1, 0.15) is 16.7 Å². The monoisotopic (exact) mass is 362 g/mol. The average Bonchev–Trinajstić information content (AvgIpc) is 2.91. The predicted octanol–water partition coefficient (Wildman–Crippen LogP) is 4.07. The van der Waals surface area contributed by atoms with E-state index in [-0.39, 0.29) is 11.3 Å². The second kappa shape index (κ2) is 6.75. The van der Waals surface area contributed by atoms with Gasteiger partial charge in [-0.25, -0.2) is 10.4 Å². The molecule has 4 fully saturated rings. The Morgan fingerprint density at radius 1 is 1.32 bits per heavy atom. The van der Waals surface area contributed by atoms with Gasteiger partial charge in [-0.15, -0.1) is 0 Å². The summed E-state index contributed by atoms with van der Waals surface area (Å²) in [5, 5.41) is 4.65. The number of aromatic amines is 1. The standard InChI is InChI=1S/C19H27ClN4O/c1-2-3-4-16-22-15(17(20)23-16)11-21-24-18(25)19-8-12-5-13(9-19)7-14(6-12)10-19/h11-14H,2-10H2,1H3,(H,22,23)(H,24,25)/b21-11+. The number of imidazole rings is 1. The second-order valence-electron chi connectivity index (χ2n) is 8.38. The number of aryl methyl sites for hydroxylation is 1. The number of nitrogens with one attached hydrogen (secondary N) is 2. The zero-order chi connectivity index (χ0) is 17.4. The van der Waals surface area contributed by atoms with Gasteiger partial charge in [0, 0.05) is 6.42 Å². The summed E-state index contributed by atoms with van der Waals surface area (Å²) in [6.45, 7) is 2.15. The summed E-state index contributed by atoms with van der Waals surface area (Å²) in [5.74, 6) is 3.23. The fourth-order valence-corrected chi connectivity index (χ4v) is 5.82. The zero-order valence-corrected chi connectivity index (χ0v) is 15.6. The van der Waals surface area contributed by atoms with Crippen LogP contribution in [0.3, 0.4) is 0 Å². The molecule has 0 aliphatic heterocycles. The molecule has 4 aliphatic carbocycles. The Bertz CT molecular complexity index is 646. The van der Waals surface area contributed by atoms with E-state index in [1.807, 2.05) is 0 Å². The lowest BCUT2D eigenvalue weighted by molar-refractivity contribution is -0.146. The van der Waals surface area contributed by atoms with Crippen molar-refractivity contribution in [1.29, 1.82) is 0 Å². The Labute approximate surface area is 154 Å². The van der Waals surface area contributed by atoms with E-state index in [0.717, 1.165) is 62.1 Å². The number of carbonyl (C=O) groups excluding carboxylic acids is 1. The first-order valence-corrected chi connectivity index (χ1v) is 10.0. The highest BCUT2D eigenvalue weighted by Gasteiger charge is 2.54. The largest absolute Gasteiger partial charge is 0.332 e. The van der Waals surface area contributed by atoms with Gasteiger partial charge in [0.25, 0.3) is 0 Å². The van der Waals surface area contributed by atoms with Gasteiger partial charge in [-0.1, -0.05) is 24.9 Å². The number of hydrazone groups is 1. The maximum Gasteiger partial charge on any atom is 0.246 e. The van der Waals surface area contributed by atoms with Crippen LogP contribution in [0, 0.1) is 23.2 Å². The fraction of sp³-hybridized carbons (Fsp3) is 0.737. The molecule has 4 aliphatic rings. The van der Waals surface area contributed by atoms with Gasteiger partial charge in [0.2, 0.25) is 5.91 Å². The van der Waals surface area contributed by atoms with Crippen molar-refractivity contribution in [3.8, 4) is 0 Å². The van der Waals surface area contributed by atoms with Gasteiger partial charge in [0.05, 0.1) is 11.6 Å². The molecular weight excluding hydrogens is 336 g/mol. The van der Waals surface area contributed by atoms with E-state index in [1.54, 1.807) is 6.21 Å². The first kappa shape index (κ1) is 17.1. The van der Waals surface area contributed by atoms with Gasteiger partial charge >= 0.3 is 0 Å². The van der Waals surface area contributed by atoms with Crippen molar-refractivity contribution in [2.45, 2.75) is 64.7 Å². The van der Waals surface area contributed by atoms with E-state index >= 15 is 0 Å². The molecule has 0 spiro atoms. The smallest absolute Gasteiger partial charge is 0.246 e. The van der Waals surface area contributed by atoms with Gasteiger partial charge in [-0.3, -0.25) is 4.79 Å². The fourth-order valence-electron chi connectivity index (χ4n) is 5.62. The van der Waals surface area contributed by atoms with Gasteiger partial charge in [0.15, 0.2) is 0 Å². The molecule has 1 amide bonds. The Morgan fingerprint density at radius 3 is 2.56 bits per heavy atom. The normalized spacial score (nSPS) is 33.3. The molecule has 25 heavy (non-hydrogen) atoms. The van der Waals surface area contributed by atoms with Crippen molar-refractivity contribution in [3.63, 3.8) is 0 Å². The Balaban J connectivity index is 1.39. The Morgan fingerprint density at radius 2 is 1.96 bits per heavy atom. The summed E-state index contributed by atoms with van der Waals surface area (Å²) in [4.78, 5) is 20.4. The van der Waals surface area contributed by atoms with Crippen LogP contribution in [0.2, 0.25) is 5.15 Å². The molecule has 0 aromatic carbocycles.